The molecule has 0 aliphatic carbocycles. The molecule has 0 bridgehead atoms. The van der Waals surface area contributed by atoms with Crippen LogP contribution in [0, 0.1) is 20.8 Å². The molecule has 0 radical (unpaired) electrons. The lowest BCUT2D eigenvalue weighted by Crippen LogP contribution is -2.29. The van der Waals surface area contributed by atoms with Crippen LogP contribution in [0.2, 0.25) is 0 Å². The second-order valence-electron chi connectivity index (χ2n) is 6.07. The van der Waals surface area contributed by atoms with Gasteiger partial charge < -0.3 is 19.9 Å². The van der Waals surface area contributed by atoms with Crippen molar-refractivity contribution in [2.24, 2.45) is 0 Å². The Morgan fingerprint density at radius 1 is 1.15 bits per heavy atom. The number of amides is 1. The van der Waals surface area contributed by atoms with Crippen LogP contribution in [0.4, 0.5) is 0 Å². The number of rotatable bonds is 5. The number of nitrogens with one attached hydrogen (secondary N) is 2. The van der Waals surface area contributed by atoms with Gasteiger partial charge in [-0.3, -0.25) is 9.59 Å². The van der Waals surface area contributed by atoms with E-state index in [0.29, 0.717) is 11.3 Å². The Morgan fingerprint density at radius 2 is 1.81 bits per heavy atom. The predicted octanol–water partition coefficient (Wildman–Crippen LogP) is 3.08. The standard InChI is InChI=1S/C19H19N3O4/c1-10-15(19(25)20-9-17(23)24)8-16(21-10)13-4-6-14(7-5-13)18-11(2)22-26-12(18)3/h4-8,21H,9H2,1-3H3,(H,20,25)(H,23,24). The Labute approximate surface area is 150 Å². The van der Waals surface area contributed by atoms with Crippen molar-refractivity contribution >= 4 is 11.9 Å². The van der Waals surface area contributed by atoms with Gasteiger partial charge in [-0.2, -0.15) is 0 Å². The van der Waals surface area contributed by atoms with Gasteiger partial charge in [0.15, 0.2) is 0 Å². The number of benzene rings is 1. The monoisotopic (exact) mass is 353 g/mol. The second kappa shape index (κ2) is 6.87. The van der Waals surface area contributed by atoms with Gasteiger partial charge in [0.05, 0.1) is 11.3 Å². The van der Waals surface area contributed by atoms with Crippen LogP contribution in [0.1, 0.15) is 27.5 Å². The van der Waals surface area contributed by atoms with Gasteiger partial charge in [0, 0.05) is 17.0 Å². The normalized spacial score (nSPS) is 10.7. The molecule has 0 aliphatic heterocycles. The molecule has 3 aromatic rings. The number of carbonyl (C=O) groups excluding carboxylic acids is 1. The SMILES string of the molecule is Cc1noc(C)c1-c1ccc(-c2cc(C(=O)NCC(=O)O)c(C)[nH]2)cc1. The second-order valence-corrected chi connectivity index (χ2v) is 6.07. The highest BCUT2D eigenvalue weighted by atomic mass is 16.5. The highest BCUT2D eigenvalue weighted by Gasteiger charge is 2.15. The zero-order chi connectivity index (χ0) is 18.8. The highest BCUT2D eigenvalue weighted by molar-refractivity contribution is 5.98. The number of hydrogen-bond acceptors (Lipinski definition) is 4. The molecule has 3 N–H and O–H groups in total. The van der Waals surface area contributed by atoms with Crippen LogP contribution in [-0.4, -0.2) is 33.7 Å². The van der Waals surface area contributed by atoms with E-state index in [1.165, 1.54) is 0 Å². The molecular weight excluding hydrogens is 334 g/mol. The molecule has 0 fully saturated rings. The lowest BCUT2D eigenvalue weighted by Gasteiger charge is -2.03. The van der Waals surface area contributed by atoms with Gasteiger partial charge in [-0.15, -0.1) is 0 Å². The summed E-state index contributed by atoms with van der Waals surface area (Å²) in [6.45, 7) is 5.14. The predicted molar refractivity (Wildman–Crippen MR) is 95.9 cm³/mol. The van der Waals surface area contributed by atoms with Crippen molar-refractivity contribution < 1.29 is 19.2 Å². The molecule has 0 saturated heterocycles. The fourth-order valence-electron chi connectivity index (χ4n) is 2.91. The van der Waals surface area contributed by atoms with E-state index in [4.69, 9.17) is 9.63 Å². The number of carbonyl (C=O) groups is 2. The summed E-state index contributed by atoms with van der Waals surface area (Å²) in [5.41, 5.74) is 5.63. The van der Waals surface area contributed by atoms with Gasteiger partial charge in [-0.05, 0) is 38.0 Å². The molecule has 0 unspecified atom stereocenters. The maximum atomic E-state index is 12.1. The summed E-state index contributed by atoms with van der Waals surface area (Å²) < 4.78 is 5.21. The van der Waals surface area contributed by atoms with Crippen LogP contribution in [0.3, 0.4) is 0 Å². The van der Waals surface area contributed by atoms with Crippen molar-refractivity contribution in [3.8, 4) is 22.4 Å². The summed E-state index contributed by atoms with van der Waals surface area (Å²) in [5.74, 6) is -0.732. The van der Waals surface area contributed by atoms with Crippen molar-refractivity contribution in [2.75, 3.05) is 6.54 Å². The fourth-order valence-corrected chi connectivity index (χ4v) is 2.91. The third-order valence-electron chi connectivity index (χ3n) is 4.18. The molecular formula is C19H19N3O4. The first-order chi connectivity index (χ1) is 12.4. The molecule has 7 nitrogen and oxygen atoms in total. The molecule has 1 amide bonds. The number of hydrogen-bond donors (Lipinski definition) is 3. The van der Waals surface area contributed by atoms with E-state index in [0.717, 1.165) is 33.8 Å². The number of aromatic nitrogens is 2. The Bertz CT molecular complexity index is 948. The molecule has 0 aliphatic rings. The molecule has 0 atom stereocenters. The van der Waals surface area contributed by atoms with Gasteiger partial charge in [-0.25, -0.2) is 0 Å². The summed E-state index contributed by atoms with van der Waals surface area (Å²) in [6, 6.07) is 9.57. The van der Waals surface area contributed by atoms with Crippen molar-refractivity contribution in [3.05, 3.63) is 53.0 Å². The first kappa shape index (κ1) is 17.5. The maximum absolute atomic E-state index is 12.1. The molecule has 2 heterocycles. The Morgan fingerprint density at radius 3 is 2.38 bits per heavy atom. The number of carboxylic acid groups (broad SMARTS) is 1. The third-order valence-corrected chi connectivity index (χ3v) is 4.18. The van der Waals surface area contributed by atoms with Gasteiger partial charge in [0.1, 0.15) is 12.3 Å². The summed E-state index contributed by atoms with van der Waals surface area (Å²) in [4.78, 5) is 25.8. The zero-order valence-corrected chi connectivity index (χ0v) is 14.7. The number of aromatic amines is 1. The Balaban J connectivity index is 1.85. The highest BCUT2D eigenvalue weighted by Crippen LogP contribution is 2.29. The molecule has 1 aromatic carbocycles. The minimum atomic E-state index is -1.08. The van der Waals surface area contributed by atoms with Crippen molar-refractivity contribution in [1.29, 1.82) is 0 Å². The minimum Gasteiger partial charge on any atom is -0.480 e. The van der Waals surface area contributed by atoms with Crippen molar-refractivity contribution in [2.45, 2.75) is 20.8 Å². The van der Waals surface area contributed by atoms with E-state index in [-0.39, 0.29) is 0 Å². The van der Waals surface area contributed by atoms with Gasteiger partial charge in [-0.1, -0.05) is 29.4 Å². The number of carboxylic acids is 1. The first-order valence-corrected chi connectivity index (χ1v) is 8.10. The van der Waals surface area contributed by atoms with Gasteiger partial charge in [0.2, 0.25) is 0 Å². The van der Waals surface area contributed by atoms with Crippen molar-refractivity contribution in [3.63, 3.8) is 0 Å². The van der Waals surface area contributed by atoms with E-state index in [2.05, 4.69) is 15.5 Å². The van der Waals surface area contributed by atoms with Crippen LogP contribution >= 0.6 is 0 Å². The molecule has 0 saturated carbocycles. The molecule has 3 rings (SSSR count). The summed E-state index contributed by atoms with van der Waals surface area (Å²) in [6.07, 6.45) is 0. The Hall–Kier alpha value is -3.35. The zero-order valence-electron chi connectivity index (χ0n) is 14.7. The molecule has 0 spiro atoms. The molecule has 7 heteroatoms. The molecule has 26 heavy (non-hydrogen) atoms. The summed E-state index contributed by atoms with van der Waals surface area (Å²) >= 11 is 0. The maximum Gasteiger partial charge on any atom is 0.322 e. The van der Waals surface area contributed by atoms with E-state index in [1.807, 2.05) is 38.1 Å². The average Bonchev–Trinajstić information content (AvgIpc) is 3.15. The first-order valence-electron chi connectivity index (χ1n) is 8.10. The summed E-state index contributed by atoms with van der Waals surface area (Å²) in [7, 11) is 0. The van der Waals surface area contributed by atoms with Crippen LogP contribution < -0.4 is 5.32 Å². The molecule has 134 valence electrons. The minimum absolute atomic E-state index is 0.412. The van der Waals surface area contributed by atoms with Crippen LogP contribution in [0.5, 0.6) is 0 Å². The van der Waals surface area contributed by atoms with Gasteiger partial charge >= 0.3 is 5.97 Å². The van der Waals surface area contributed by atoms with E-state index >= 15 is 0 Å². The number of aliphatic carboxylic acids is 1. The lowest BCUT2D eigenvalue weighted by atomic mass is 10.0. The number of nitrogens with zero attached hydrogens (tertiary/aromatic N) is 1. The largest absolute Gasteiger partial charge is 0.480 e. The average molecular weight is 353 g/mol. The van der Waals surface area contributed by atoms with Crippen LogP contribution in [-0.2, 0) is 4.79 Å². The smallest absolute Gasteiger partial charge is 0.322 e. The van der Waals surface area contributed by atoms with Crippen LogP contribution in [0.15, 0.2) is 34.9 Å². The Kier molecular flexibility index (Phi) is 4.62. The fraction of sp³-hybridized carbons (Fsp3) is 0.211. The lowest BCUT2D eigenvalue weighted by molar-refractivity contribution is -0.135. The van der Waals surface area contributed by atoms with Gasteiger partial charge in [0.25, 0.3) is 5.91 Å². The number of H-pyrrole nitrogens is 1. The van der Waals surface area contributed by atoms with E-state index in [9.17, 15) is 9.59 Å². The quantitative estimate of drug-likeness (QED) is 0.653. The van der Waals surface area contributed by atoms with Crippen molar-refractivity contribution in [1.82, 2.24) is 15.5 Å². The number of aryl methyl sites for hydroxylation is 3. The molecule has 2 aromatic heterocycles. The van der Waals surface area contributed by atoms with E-state index in [1.54, 1.807) is 13.0 Å². The third kappa shape index (κ3) is 3.37. The van der Waals surface area contributed by atoms with E-state index < -0.39 is 18.4 Å². The summed E-state index contributed by atoms with van der Waals surface area (Å²) in [5, 5.41) is 15.0. The topological polar surface area (TPSA) is 108 Å². The van der Waals surface area contributed by atoms with Crippen LogP contribution in [0.25, 0.3) is 22.4 Å².